The van der Waals surface area contributed by atoms with Crippen LogP contribution in [0.3, 0.4) is 0 Å². The fraction of sp³-hybridized carbons (Fsp3) is 0.333. The van der Waals surface area contributed by atoms with Gasteiger partial charge in [0.25, 0.3) is 0 Å². The monoisotopic (exact) mass is 106 g/mol. The van der Waals surface area contributed by atoms with E-state index in [1.54, 1.807) is 12.3 Å². The van der Waals surface area contributed by atoms with Gasteiger partial charge in [-0.2, -0.15) is 5.26 Å². The van der Waals surface area contributed by atoms with Gasteiger partial charge in [0.1, 0.15) is 0 Å². The van der Waals surface area contributed by atoms with Crippen molar-refractivity contribution in [1.82, 2.24) is 0 Å². The Labute approximate surface area is 48.2 Å². The highest BCUT2D eigenvalue weighted by Gasteiger charge is 2.00. The van der Waals surface area contributed by atoms with E-state index in [0.717, 1.165) is 0 Å². The van der Waals surface area contributed by atoms with Crippen LogP contribution < -0.4 is 0 Å². The predicted octanol–water partition coefficient (Wildman–Crippen LogP) is 0.767. The Balaban J connectivity index is 2.55. The molecule has 0 saturated carbocycles. The van der Waals surface area contributed by atoms with Gasteiger partial charge in [-0.05, 0) is 6.08 Å². The second-order valence-corrected chi connectivity index (χ2v) is 1.63. The van der Waals surface area contributed by atoms with E-state index in [0.29, 0.717) is 6.54 Å². The molecular weight excluding hydrogens is 100 g/mol. The Hall–Kier alpha value is -1.10. The zero-order chi connectivity index (χ0) is 5.82. The van der Waals surface area contributed by atoms with Gasteiger partial charge in [-0.1, -0.05) is 6.08 Å². The quantitative estimate of drug-likeness (QED) is 0.449. The average molecular weight is 106 g/mol. The van der Waals surface area contributed by atoms with Crippen LogP contribution in [0.25, 0.3) is 0 Å². The van der Waals surface area contributed by atoms with E-state index in [-0.39, 0.29) is 5.92 Å². The van der Waals surface area contributed by atoms with E-state index < -0.39 is 0 Å². The van der Waals surface area contributed by atoms with Gasteiger partial charge in [0, 0.05) is 6.21 Å². The number of hydrogen-bond acceptors (Lipinski definition) is 2. The van der Waals surface area contributed by atoms with E-state index in [9.17, 15) is 0 Å². The van der Waals surface area contributed by atoms with Gasteiger partial charge in [-0.15, -0.1) is 0 Å². The maximum atomic E-state index is 8.32. The maximum absolute atomic E-state index is 8.32. The Kier molecular flexibility index (Phi) is 1.43. The number of hydrogen-bond donors (Lipinski definition) is 0. The zero-order valence-electron chi connectivity index (χ0n) is 4.41. The molecule has 0 radical (unpaired) electrons. The molecule has 1 aliphatic rings. The topological polar surface area (TPSA) is 36.1 Å². The van der Waals surface area contributed by atoms with Crippen molar-refractivity contribution in [2.45, 2.75) is 0 Å². The van der Waals surface area contributed by atoms with Crippen LogP contribution in [0.5, 0.6) is 0 Å². The largest absolute Gasteiger partial charge is 0.291 e. The van der Waals surface area contributed by atoms with Crippen molar-refractivity contribution < 1.29 is 0 Å². The number of dihydropyridines is 1. The van der Waals surface area contributed by atoms with Gasteiger partial charge >= 0.3 is 0 Å². The molecule has 2 heteroatoms. The second kappa shape index (κ2) is 2.27. The molecule has 1 heterocycles. The van der Waals surface area contributed by atoms with Gasteiger partial charge in [0.05, 0.1) is 18.5 Å². The third kappa shape index (κ3) is 0.941. The molecule has 8 heavy (non-hydrogen) atoms. The third-order valence-corrected chi connectivity index (χ3v) is 1.00. The molecule has 0 bridgehead atoms. The smallest absolute Gasteiger partial charge is 0.0842 e. The molecule has 0 aromatic rings. The highest BCUT2D eigenvalue weighted by atomic mass is 14.7. The summed E-state index contributed by atoms with van der Waals surface area (Å²) >= 11 is 0. The summed E-state index contributed by atoms with van der Waals surface area (Å²) in [4.78, 5) is 3.90. The van der Waals surface area contributed by atoms with Crippen LogP contribution in [0.1, 0.15) is 0 Å². The molecular formula is C6H6N2. The molecule has 40 valence electrons. The number of nitriles is 1. The summed E-state index contributed by atoms with van der Waals surface area (Å²) in [5.41, 5.74) is 0. The van der Waals surface area contributed by atoms with Gasteiger partial charge in [-0.3, -0.25) is 4.99 Å². The first kappa shape index (κ1) is 5.04. The normalized spacial score (nSPS) is 25.1. The highest BCUT2D eigenvalue weighted by Crippen LogP contribution is 1.99. The van der Waals surface area contributed by atoms with Crippen molar-refractivity contribution in [3.63, 3.8) is 0 Å². The van der Waals surface area contributed by atoms with Gasteiger partial charge in [0.2, 0.25) is 0 Å². The third-order valence-electron chi connectivity index (χ3n) is 1.00. The first-order valence-corrected chi connectivity index (χ1v) is 2.49. The van der Waals surface area contributed by atoms with Crippen LogP contribution in [0.4, 0.5) is 0 Å². The van der Waals surface area contributed by atoms with E-state index in [1.807, 2.05) is 6.08 Å². The van der Waals surface area contributed by atoms with Crippen LogP contribution >= 0.6 is 0 Å². The summed E-state index contributed by atoms with van der Waals surface area (Å²) in [6.45, 7) is 0.632. The van der Waals surface area contributed by atoms with Gasteiger partial charge in [0.15, 0.2) is 0 Å². The summed E-state index contributed by atoms with van der Waals surface area (Å²) in [5, 5.41) is 8.32. The molecule has 1 aliphatic heterocycles. The molecule has 0 saturated heterocycles. The summed E-state index contributed by atoms with van der Waals surface area (Å²) in [7, 11) is 0. The van der Waals surface area contributed by atoms with Crippen molar-refractivity contribution in [3.8, 4) is 6.07 Å². The van der Waals surface area contributed by atoms with Crippen LogP contribution in [0, 0.1) is 17.2 Å². The second-order valence-electron chi connectivity index (χ2n) is 1.63. The maximum Gasteiger partial charge on any atom is 0.0842 e. The van der Waals surface area contributed by atoms with Crippen molar-refractivity contribution in [3.05, 3.63) is 12.2 Å². The lowest BCUT2D eigenvalue weighted by Crippen LogP contribution is -2.00. The van der Waals surface area contributed by atoms with Crippen molar-refractivity contribution >= 4 is 6.21 Å². The molecule has 0 aliphatic carbocycles. The van der Waals surface area contributed by atoms with E-state index >= 15 is 0 Å². The Morgan fingerprint density at radius 1 is 1.75 bits per heavy atom. The lowest BCUT2D eigenvalue weighted by molar-refractivity contribution is 0.831. The minimum absolute atomic E-state index is 0.0139. The average Bonchev–Trinajstić information content (AvgIpc) is 1.90. The summed E-state index contributed by atoms with van der Waals surface area (Å²) in [6.07, 6.45) is 5.37. The van der Waals surface area contributed by atoms with Crippen molar-refractivity contribution in [2.24, 2.45) is 10.9 Å². The first-order valence-electron chi connectivity index (χ1n) is 2.49. The molecule has 0 aromatic carbocycles. The van der Waals surface area contributed by atoms with Gasteiger partial charge in [-0.25, -0.2) is 0 Å². The minimum Gasteiger partial charge on any atom is -0.291 e. The first-order chi connectivity index (χ1) is 3.93. The molecule has 1 rings (SSSR count). The van der Waals surface area contributed by atoms with Crippen LogP contribution in [0.15, 0.2) is 17.1 Å². The molecule has 0 aromatic heterocycles. The predicted molar refractivity (Wildman–Crippen MR) is 31.6 cm³/mol. The van der Waals surface area contributed by atoms with E-state index in [2.05, 4.69) is 11.1 Å². The summed E-state index contributed by atoms with van der Waals surface area (Å²) in [6, 6.07) is 2.10. The molecule has 0 N–H and O–H groups in total. The van der Waals surface area contributed by atoms with Crippen molar-refractivity contribution in [2.75, 3.05) is 6.54 Å². The number of aliphatic imine (C=N–C) groups is 1. The lowest BCUT2D eigenvalue weighted by Gasteiger charge is -1.99. The summed E-state index contributed by atoms with van der Waals surface area (Å²) in [5.74, 6) is 0.0139. The minimum atomic E-state index is 0.0139. The molecule has 1 unspecified atom stereocenters. The molecule has 0 fully saturated rings. The molecule has 2 nitrogen and oxygen atoms in total. The standard InChI is InChI=1S/C6H6N2/c7-4-6-2-1-3-8-5-6/h1-3,6H,5H2. The molecule has 0 spiro atoms. The van der Waals surface area contributed by atoms with Crippen LogP contribution in [-0.2, 0) is 0 Å². The van der Waals surface area contributed by atoms with Crippen molar-refractivity contribution in [1.29, 1.82) is 5.26 Å². The SMILES string of the molecule is N#CC1C=CC=NC1. The van der Waals surface area contributed by atoms with Gasteiger partial charge < -0.3 is 0 Å². The Morgan fingerprint density at radius 2 is 2.62 bits per heavy atom. The van der Waals surface area contributed by atoms with Crippen LogP contribution in [-0.4, -0.2) is 12.8 Å². The fourth-order valence-electron chi connectivity index (χ4n) is 0.564. The number of allylic oxidation sites excluding steroid dienone is 1. The Bertz CT molecular complexity index is 162. The number of rotatable bonds is 0. The lowest BCUT2D eigenvalue weighted by atomic mass is 10.1. The molecule has 1 atom stereocenters. The summed E-state index contributed by atoms with van der Waals surface area (Å²) < 4.78 is 0. The fourth-order valence-corrected chi connectivity index (χ4v) is 0.564. The molecule has 0 amide bonds. The number of nitrogens with zero attached hydrogens (tertiary/aromatic N) is 2. The highest BCUT2D eigenvalue weighted by molar-refractivity contribution is 5.72. The zero-order valence-corrected chi connectivity index (χ0v) is 4.41. The Morgan fingerprint density at radius 3 is 3.00 bits per heavy atom. The van der Waals surface area contributed by atoms with E-state index in [4.69, 9.17) is 5.26 Å². The van der Waals surface area contributed by atoms with E-state index in [1.165, 1.54) is 0 Å². The van der Waals surface area contributed by atoms with Crippen LogP contribution in [0.2, 0.25) is 0 Å².